The minimum atomic E-state index is -0.309. The van der Waals surface area contributed by atoms with Crippen LogP contribution in [0.3, 0.4) is 0 Å². The van der Waals surface area contributed by atoms with Crippen LogP contribution in [-0.2, 0) is 16.2 Å². The van der Waals surface area contributed by atoms with Gasteiger partial charge in [0, 0.05) is 55.5 Å². The molecule has 3 heteroatoms. The van der Waals surface area contributed by atoms with Gasteiger partial charge in [0.1, 0.15) is 11.2 Å². The second kappa shape index (κ2) is 12.4. The van der Waals surface area contributed by atoms with E-state index in [-0.39, 0.29) is 16.2 Å². The average molecular weight is 789 g/mol. The fourth-order valence-corrected chi connectivity index (χ4v) is 11.4. The summed E-state index contributed by atoms with van der Waals surface area (Å²) >= 11 is 0. The number of furan rings is 1. The van der Waals surface area contributed by atoms with Crippen LogP contribution in [0.15, 0.2) is 168 Å². The average Bonchev–Trinajstić information content (AvgIpc) is 3.94. The molecular formula is C58H48N2O. The van der Waals surface area contributed by atoms with Crippen LogP contribution in [0.25, 0.3) is 71.7 Å². The molecule has 0 aliphatic heterocycles. The van der Waals surface area contributed by atoms with Crippen molar-refractivity contribution in [3.63, 3.8) is 0 Å². The highest BCUT2D eigenvalue weighted by molar-refractivity contribution is 6.12. The number of fused-ring (bicyclic) bond motifs is 12. The summed E-state index contributed by atoms with van der Waals surface area (Å²) in [6, 6.07) is 60.4. The SMILES string of the molecule is CC(C)(C)c1c2c(c(N(c3ccc4c(c3)oc3ccccc34)c3ccc4c(c3)c3ccccc3n4-c3ccccc3)c3c1-c1ccccc1C3(C)C)C(C)(C)c1ccccc1-2. The molecule has 10 aromatic rings. The molecule has 0 fully saturated rings. The van der Waals surface area contributed by atoms with Crippen LogP contribution >= 0.6 is 0 Å². The van der Waals surface area contributed by atoms with Crippen LogP contribution in [0.1, 0.15) is 76.3 Å². The van der Waals surface area contributed by atoms with Gasteiger partial charge in [0.05, 0.1) is 16.7 Å². The van der Waals surface area contributed by atoms with E-state index in [1.165, 1.54) is 77.6 Å². The van der Waals surface area contributed by atoms with Crippen LogP contribution in [0, 0.1) is 0 Å². The van der Waals surface area contributed by atoms with Gasteiger partial charge in [0.15, 0.2) is 0 Å². The first-order chi connectivity index (χ1) is 29.4. The molecule has 2 heterocycles. The zero-order valence-electron chi connectivity index (χ0n) is 35.9. The summed E-state index contributed by atoms with van der Waals surface area (Å²) < 4.78 is 9.11. The number of hydrogen-bond donors (Lipinski definition) is 0. The first-order valence-electron chi connectivity index (χ1n) is 21.7. The van der Waals surface area contributed by atoms with Gasteiger partial charge < -0.3 is 13.9 Å². The van der Waals surface area contributed by atoms with E-state index in [1.807, 2.05) is 0 Å². The molecule has 0 spiro atoms. The minimum absolute atomic E-state index is 0.149. The minimum Gasteiger partial charge on any atom is -0.456 e. The number of para-hydroxylation sites is 3. The maximum Gasteiger partial charge on any atom is 0.137 e. The molecule has 0 radical (unpaired) electrons. The largest absolute Gasteiger partial charge is 0.456 e. The zero-order valence-corrected chi connectivity index (χ0v) is 35.9. The Balaban J connectivity index is 1.26. The standard InChI is InChI=1S/C58H48N2O/c1-56(2,3)52-50-41-23-11-15-25-44(41)57(4,5)53(50)55(54-51(52)42-24-12-16-26-45(42)58(54,6)7)59(37-29-31-40-39-22-14-18-28-48(39)61-49(40)34-37)36-30-32-47-43(33-36)38-21-13-17-27-46(38)60(47)35-19-9-8-10-20-35/h8-34H,1-7H3. The van der Waals surface area contributed by atoms with Crippen LogP contribution in [0.4, 0.5) is 17.1 Å². The third-order valence-corrected chi connectivity index (χ3v) is 14.0. The van der Waals surface area contributed by atoms with E-state index in [4.69, 9.17) is 4.42 Å². The molecule has 296 valence electrons. The molecule has 0 N–H and O–H groups in total. The second-order valence-electron chi connectivity index (χ2n) is 19.3. The predicted octanol–water partition coefficient (Wildman–Crippen LogP) is 16.1. The Morgan fingerprint density at radius 1 is 0.475 bits per heavy atom. The molecule has 3 nitrogen and oxygen atoms in total. The van der Waals surface area contributed by atoms with E-state index >= 15 is 0 Å². The fourth-order valence-electron chi connectivity index (χ4n) is 11.4. The van der Waals surface area contributed by atoms with E-state index in [2.05, 4.69) is 222 Å². The van der Waals surface area contributed by atoms with E-state index in [0.717, 1.165) is 39.0 Å². The van der Waals surface area contributed by atoms with Crippen molar-refractivity contribution < 1.29 is 4.42 Å². The molecule has 0 saturated heterocycles. The molecule has 0 atom stereocenters. The van der Waals surface area contributed by atoms with Crippen LogP contribution in [-0.4, -0.2) is 4.57 Å². The summed E-state index contributed by atoms with van der Waals surface area (Å²) in [5, 5.41) is 4.71. The Bertz CT molecular complexity index is 3380. The number of rotatable bonds is 4. The highest BCUT2D eigenvalue weighted by Crippen LogP contribution is 2.66. The normalized spacial score (nSPS) is 14.7. The van der Waals surface area contributed by atoms with Crippen LogP contribution in [0.5, 0.6) is 0 Å². The van der Waals surface area contributed by atoms with E-state index < -0.39 is 0 Å². The van der Waals surface area contributed by atoms with Crippen molar-refractivity contribution in [3.05, 3.63) is 192 Å². The summed E-state index contributed by atoms with van der Waals surface area (Å²) in [7, 11) is 0. The van der Waals surface area contributed by atoms with Gasteiger partial charge in [0.2, 0.25) is 0 Å². The quantitative estimate of drug-likeness (QED) is 0.177. The summed E-state index contributed by atoms with van der Waals surface area (Å²) in [6.07, 6.45) is 0. The molecule has 2 aromatic heterocycles. The molecule has 0 amide bonds. The van der Waals surface area contributed by atoms with Crippen molar-refractivity contribution in [1.29, 1.82) is 0 Å². The first kappa shape index (κ1) is 36.0. The molecule has 61 heavy (non-hydrogen) atoms. The maximum absolute atomic E-state index is 6.70. The van der Waals surface area contributed by atoms with Gasteiger partial charge in [-0.2, -0.15) is 0 Å². The number of benzene rings is 8. The maximum atomic E-state index is 6.70. The lowest BCUT2D eigenvalue weighted by Crippen LogP contribution is -2.27. The third kappa shape index (κ3) is 4.86. The van der Waals surface area contributed by atoms with Gasteiger partial charge in [0.25, 0.3) is 0 Å². The van der Waals surface area contributed by atoms with Crippen LogP contribution < -0.4 is 4.90 Å². The molecule has 12 rings (SSSR count). The van der Waals surface area contributed by atoms with E-state index in [9.17, 15) is 0 Å². The smallest absolute Gasteiger partial charge is 0.137 e. The number of hydrogen-bond acceptors (Lipinski definition) is 2. The Hall–Kier alpha value is -6.84. The Morgan fingerprint density at radius 3 is 1.67 bits per heavy atom. The fraction of sp³-hybridized carbons (Fsp3) is 0.172. The Morgan fingerprint density at radius 2 is 1.00 bits per heavy atom. The molecule has 0 bridgehead atoms. The van der Waals surface area contributed by atoms with Crippen LogP contribution in [0.2, 0.25) is 0 Å². The number of aromatic nitrogens is 1. The lowest BCUT2D eigenvalue weighted by Gasteiger charge is -2.39. The van der Waals surface area contributed by atoms with E-state index in [0.29, 0.717) is 0 Å². The van der Waals surface area contributed by atoms with Gasteiger partial charge in [-0.25, -0.2) is 0 Å². The zero-order chi connectivity index (χ0) is 41.6. The molecule has 8 aromatic carbocycles. The van der Waals surface area contributed by atoms with Crippen molar-refractivity contribution in [2.24, 2.45) is 0 Å². The van der Waals surface area contributed by atoms with Crippen molar-refractivity contribution in [2.45, 2.75) is 64.7 Å². The summed E-state index contributed by atoms with van der Waals surface area (Å²) in [5.74, 6) is 0. The highest BCUT2D eigenvalue weighted by atomic mass is 16.3. The van der Waals surface area contributed by atoms with E-state index in [1.54, 1.807) is 0 Å². The van der Waals surface area contributed by atoms with Crippen molar-refractivity contribution >= 4 is 60.8 Å². The highest BCUT2D eigenvalue weighted by Gasteiger charge is 2.50. The molecule has 2 aliphatic rings. The molecular weight excluding hydrogens is 741 g/mol. The third-order valence-electron chi connectivity index (χ3n) is 14.0. The first-order valence-corrected chi connectivity index (χ1v) is 21.7. The topological polar surface area (TPSA) is 21.3 Å². The summed E-state index contributed by atoms with van der Waals surface area (Å²) in [5.41, 5.74) is 20.4. The number of nitrogens with zero attached hydrogens (tertiary/aromatic N) is 2. The van der Waals surface area contributed by atoms with Crippen molar-refractivity contribution in [1.82, 2.24) is 4.57 Å². The van der Waals surface area contributed by atoms with Crippen molar-refractivity contribution in [2.75, 3.05) is 4.90 Å². The monoisotopic (exact) mass is 788 g/mol. The summed E-state index contributed by atoms with van der Waals surface area (Å²) in [4.78, 5) is 2.60. The lowest BCUT2D eigenvalue weighted by atomic mass is 9.71. The summed E-state index contributed by atoms with van der Waals surface area (Å²) in [6.45, 7) is 17.0. The Labute approximate surface area is 357 Å². The van der Waals surface area contributed by atoms with Gasteiger partial charge in [-0.15, -0.1) is 0 Å². The van der Waals surface area contributed by atoms with Gasteiger partial charge in [-0.05, 0) is 110 Å². The molecule has 2 aliphatic carbocycles. The number of anilines is 3. The van der Waals surface area contributed by atoms with Gasteiger partial charge in [-0.1, -0.05) is 152 Å². The lowest BCUT2D eigenvalue weighted by molar-refractivity contribution is 0.587. The van der Waals surface area contributed by atoms with Gasteiger partial charge >= 0.3 is 0 Å². The molecule has 0 unspecified atom stereocenters. The second-order valence-corrected chi connectivity index (χ2v) is 19.3. The predicted molar refractivity (Wildman–Crippen MR) is 257 cm³/mol. The Kier molecular flexibility index (Phi) is 7.31. The van der Waals surface area contributed by atoms with Crippen molar-refractivity contribution in [3.8, 4) is 27.9 Å². The van der Waals surface area contributed by atoms with Gasteiger partial charge in [-0.3, -0.25) is 0 Å². The molecule has 0 saturated carbocycles.